The number of esters is 2. The van der Waals surface area contributed by atoms with Gasteiger partial charge in [-0.05, 0) is 44.9 Å². The molecule has 3 N–H and O–H groups in total. The number of carbonyl (C=O) groups is 2. The van der Waals surface area contributed by atoms with Crippen molar-refractivity contribution in [1.82, 2.24) is 0 Å². The molecule has 0 amide bonds. The van der Waals surface area contributed by atoms with Gasteiger partial charge in [0, 0.05) is 19.4 Å². The van der Waals surface area contributed by atoms with Crippen LogP contribution in [0.5, 0.6) is 0 Å². The summed E-state index contributed by atoms with van der Waals surface area (Å²) in [6, 6.07) is 0. The fourth-order valence-corrected chi connectivity index (χ4v) is 8.08. The predicted octanol–water partition coefficient (Wildman–Crippen LogP) is 15.1. The van der Waals surface area contributed by atoms with Gasteiger partial charge in [0.1, 0.15) is 6.61 Å². The molecule has 2 atom stereocenters. The molecule has 10 heteroatoms. The lowest BCUT2D eigenvalue weighted by Crippen LogP contribution is -2.29. The van der Waals surface area contributed by atoms with Crippen LogP contribution in [0.4, 0.5) is 0 Å². The van der Waals surface area contributed by atoms with E-state index < -0.39 is 26.5 Å². The van der Waals surface area contributed by atoms with Crippen molar-refractivity contribution in [2.24, 2.45) is 5.73 Å². The van der Waals surface area contributed by atoms with Crippen molar-refractivity contribution in [3.63, 3.8) is 0 Å². The van der Waals surface area contributed by atoms with Crippen LogP contribution in [0.15, 0.2) is 24.3 Å². The quantitative estimate of drug-likeness (QED) is 0.0265. The Morgan fingerprint density at radius 1 is 0.500 bits per heavy atom. The second kappa shape index (κ2) is 47.0. The second-order valence-corrected chi connectivity index (χ2v) is 18.5. The molecule has 0 fully saturated rings. The number of hydrogen-bond acceptors (Lipinski definition) is 8. The van der Waals surface area contributed by atoms with E-state index in [2.05, 4.69) is 38.2 Å². The first kappa shape index (κ1) is 58.5. The third kappa shape index (κ3) is 46.0. The largest absolute Gasteiger partial charge is 0.472 e. The number of phosphoric ester groups is 1. The van der Waals surface area contributed by atoms with Crippen molar-refractivity contribution < 1.29 is 37.6 Å². The molecule has 0 rings (SSSR count). The summed E-state index contributed by atoms with van der Waals surface area (Å²) < 4.78 is 32.9. The Bertz CT molecular complexity index is 1040. The van der Waals surface area contributed by atoms with Crippen LogP contribution in [-0.4, -0.2) is 49.3 Å². The maximum absolute atomic E-state index is 12.6. The molecule has 0 saturated carbocycles. The van der Waals surface area contributed by atoms with Crippen LogP contribution in [-0.2, 0) is 32.7 Å². The Morgan fingerprint density at radius 3 is 1.30 bits per heavy atom. The van der Waals surface area contributed by atoms with Crippen LogP contribution < -0.4 is 5.73 Å². The van der Waals surface area contributed by atoms with Crippen molar-refractivity contribution in [3.05, 3.63) is 24.3 Å². The Labute approximate surface area is 370 Å². The van der Waals surface area contributed by atoms with Gasteiger partial charge >= 0.3 is 19.8 Å². The van der Waals surface area contributed by atoms with Crippen molar-refractivity contribution >= 4 is 19.8 Å². The minimum atomic E-state index is -4.38. The number of hydrogen-bond donors (Lipinski definition) is 2. The van der Waals surface area contributed by atoms with E-state index in [4.69, 9.17) is 24.3 Å². The minimum absolute atomic E-state index is 0.0546. The zero-order chi connectivity index (χ0) is 43.9. The molecule has 0 heterocycles. The van der Waals surface area contributed by atoms with Gasteiger partial charge in [0.05, 0.1) is 13.2 Å². The zero-order valence-corrected chi connectivity index (χ0v) is 40.1. The maximum atomic E-state index is 12.6. The Hall–Kier alpha value is -1.51. The van der Waals surface area contributed by atoms with Gasteiger partial charge in [-0.2, -0.15) is 0 Å². The molecule has 0 aromatic heterocycles. The summed E-state index contributed by atoms with van der Waals surface area (Å²) in [5.41, 5.74) is 5.37. The molecule has 0 spiro atoms. The van der Waals surface area contributed by atoms with Crippen molar-refractivity contribution in [1.29, 1.82) is 0 Å². The zero-order valence-electron chi connectivity index (χ0n) is 39.2. The van der Waals surface area contributed by atoms with E-state index >= 15 is 0 Å². The minimum Gasteiger partial charge on any atom is -0.462 e. The van der Waals surface area contributed by atoms with E-state index in [-0.39, 0.29) is 38.6 Å². The fourth-order valence-electron chi connectivity index (χ4n) is 7.31. The molecule has 0 saturated heterocycles. The number of phosphoric acid groups is 1. The molecule has 354 valence electrons. The van der Waals surface area contributed by atoms with Gasteiger partial charge in [-0.3, -0.25) is 18.6 Å². The normalized spacial score (nSPS) is 13.3. The number of ether oxygens (including phenoxy) is 2. The Morgan fingerprint density at radius 2 is 0.867 bits per heavy atom. The third-order valence-corrected chi connectivity index (χ3v) is 12.1. The summed E-state index contributed by atoms with van der Waals surface area (Å²) in [5.74, 6) is -0.820. The van der Waals surface area contributed by atoms with Gasteiger partial charge in [-0.1, -0.05) is 218 Å². The monoisotopic (exact) mass is 870 g/mol. The van der Waals surface area contributed by atoms with Gasteiger partial charge < -0.3 is 20.1 Å². The molecule has 0 radical (unpaired) electrons. The van der Waals surface area contributed by atoms with E-state index in [1.54, 1.807) is 0 Å². The number of unbranched alkanes of at least 4 members (excludes halogenated alkanes) is 31. The lowest BCUT2D eigenvalue weighted by molar-refractivity contribution is -0.161. The van der Waals surface area contributed by atoms with Gasteiger partial charge in [0.15, 0.2) is 6.10 Å². The number of nitrogens with two attached hydrogens (primary N) is 1. The second-order valence-electron chi connectivity index (χ2n) is 17.0. The first-order valence-electron chi connectivity index (χ1n) is 25.3. The van der Waals surface area contributed by atoms with Crippen LogP contribution in [0, 0.1) is 0 Å². The van der Waals surface area contributed by atoms with E-state index in [0.717, 1.165) is 51.4 Å². The molecule has 0 bridgehead atoms. The first-order chi connectivity index (χ1) is 29.3. The van der Waals surface area contributed by atoms with E-state index in [1.807, 2.05) is 0 Å². The summed E-state index contributed by atoms with van der Waals surface area (Å²) in [4.78, 5) is 35.0. The van der Waals surface area contributed by atoms with Gasteiger partial charge in [0.25, 0.3) is 0 Å². The molecule has 0 aromatic rings. The first-order valence-corrected chi connectivity index (χ1v) is 26.8. The molecule has 0 aliphatic heterocycles. The number of allylic oxidation sites excluding steroid dienone is 4. The van der Waals surface area contributed by atoms with Crippen LogP contribution in [0.1, 0.15) is 251 Å². The van der Waals surface area contributed by atoms with Crippen LogP contribution >= 0.6 is 7.82 Å². The smallest absolute Gasteiger partial charge is 0.462 e. The molecule has 0 aromatic carbocycles. The van der Waals surface area contributed by atoms with Gasteiger partial charge in [-0.15, -0.1) is 0 Å². The fraction of sp³-hybridized carbons (Fsp3) is 0.880. The molecule has 0 aliphatic rings. The molecule has 1 unspecified atom stereocenters. The SMILES string of the molecule is CCCCC/C=C/C/C=C/CCCCCCCCCCCC(=O)O[C@H](COC(=O)CCCCCCCCCCCCCCCCCCCCCC)COP(=O)(O)OCCN. The Kier molecular flexibility index (Phi) is 45.8. The summed E-state index contributed by atoms with van der Waals surface area (Å²) in [6.07, 6.45) is 52.1. The summed E-state index contributed by atoms with van der Waals surface area (Å²) in [7, 11) is -4.38. The lowest BCUT2D eigenvalue weighted by atomic mass is 10.0. The van der Waals surface area contributed by atoms with Crippen molar-refractivity contribution in [2.75, 3.05) is 26.4 Å². The average Bonchev–Trinajstić information content (AvgIpc) is 3.24. The number of carbonyl (C=O) groups excluding carboxylic acids is 2. The number of rotatable bonds is 48. The van der Waals surface area contributed by atoms with E-state index in [1.165, 1.54) is 167 Å². The topological polar surface area (TPSA) is 134 Å². The highest BCUT2D eigenvalue weighted by Crippen LogP contribution is 2.43. The molecule has 0 aliphatic carbocycles. The third-order valence-electron chi connectivity index (χ3n) is 11.1. The van der Waals surface area contributed by atoms with E-state index in [9.17, 15) is 19.0 Å². The summed E-state index contributed by atoms with van der Waals surface area (Å²) >= 11 is 0. The van der Waals surface area contributed by atoms with Crippen LogP contribution in [0.25, 0.3) is 0 Å². The highest BCUT2D eigenvalue weighted by Gasteiger charge is 2.26. The average molecular weight is 870 g/mol. The van der Waals surface area contributed by atoms with Gasteiger partial charge in [-0.25, -0.2) is 4.57 Å². The predicted molar refractivity (Wildman–Crippen MR) is 252 cm³/mol. The molecular formula is C50H96NO8P. The van der Waals surface area contributed by atoms with Crippen LogP contribution in [0.2, 0.25) is 0 Å². The maximum Gasteiger partial charge on any atom is 0.472 e. The molecule has 9 nitrogen and oxygen atoms in total. The van der Waals surface area contributed by atoms with Crippen molar-refractivity contribution in [2.45, 2.75) is 258 Å². The highest BCUT2D eigenvalue weighted by molar-refractivity contribution is 7.47. The van der Waals surface area contributed by atoms with Gasteiger partial charge in [0.2, 0.25) is 0 Å². The molecular weight excluding hydrogens is 774 g/mol. The summed E-state index contributed by atoms with van der Waals surface area (Å²) in [5, 5.41) is 0. The van der Waals surface area contributed by atoms with E-state index in [0.29, 0.717) is 6.42 Å². The standard InChI is InChI=1S/C50H96NO8P/c1-3-5-7-9-11-13-15-17-19-21-23-25-26-28-30-32-34-36-38-40-42-49(52)56-46-48(47-58-60(54,55)57-45-44-51)59-50(53)43-41-39-37-35-33-31-29-27-24-22-20-18-16-14-12-10-8-6-4-2/h12,14,18,20,48H,3-11,13,15-17,19,21-47,51H2,1-2H3,(H,54,55)/b14-12+,20-18+/t48-/m1/s1. The lowest BCUT2D eigenvalue weighted by Gasteiger charge is -2.19. The summed E-state index contributed by atoms with van der Waals surface area (Å²) in [6.45, 7) is 3.75. The Balaban J connectivity index is 4.03. The molecule has 60 heavy (non-hydrogen) atoms. The van der Waals surface area contributed by atoms with Crippen molar-refractivity contribution in [3.8, 4) is 0 Å². The van der Waals surface area contributed by atoms with Crippen LogP contribution in [0.3, 0.4) is 0 Å². The highest BCUT2D eigenvalue weighted by atomic mass is 31.2.